The molecule has 1 unspecified atom stereocenters. The Kier molecular flexibility index (Phi) is 4.38. The van der Waals surface area contributed by atoms with Gasteiger partial charge in [0, 0.05) is 12.6 Å². The number of nitrogens with one attached hydrogen (secondary N) is 1. The molecule has 1 aromatic rings. The smallest absolute Gasteiger partial charge is 0.371 e. The van der Waals surface area contributed by atoms with Crippen molar-refractivity contribution >= 4 is 5.97 Å². The second-order valence-electron chi connectivity index (χ2n) is 4.69. The molecule has 1 aromatic heterocycles. The number of furan rings is 1. The molecule has 0 bridgehead atoms. The monoisotopic (exact) mass is 252 g/mol. The first kappa shape index (κ1) is 13.1. The summed E-state index contributed by atoms with van der Waals surface area (Å²) in [6.45, 7) is 5.92. The molecule has 0 spiro atoms. The van der Waals surface area contributed by atoms with Crippen molar-refractivity contribution in [3.8, 4) is 0 Å². The van der Waals surface area contributed by atoms with Gasteiger partial charge in [0.1, 0.15) is 5.76 Å². The molecule has 18 heavy (non-hydrogen) atoms. The molecule has 1 fully saturated rings. The van der Waals surface area contributed by atoms with E-state index in [2.05, 4.69) is 17.1 Å². The maximum Gasteiger partial charge on any atom is 0.371 e. The van der Waals surface area contributed by atoms with E-state index in [0.29, 0.717) is 12.6 Å². The van der Waals surface area contributed by atoms with Gasteiger partial charge in [0.15, 0.2) is 0 Å². The maximum atomic E-state index is 10.8. The van der Waals surface area contributed by atoms with Gasteiger partial charge in [-0.3, -0.25) is 4.90 Å². The predicted octanol–water partition coefficient (Wildman–Crippen LogP) is 1.55. The van der Waals surface area contributed by atoms with Crippen LogP contribution in [0, 0.1) is 0 Å². The summed E-state index contributed by atoms with van der Waals surface area (Å²) < 4.78 is 5.32. The van der Waals surface area contributed by atoms with Gasteiger partial charge in [-0.15, -0.1) is 0 Å². The zero-order valence-electron chi connectivity index (χ0n) is 10.7. The van der Waals surface area contributed by atoms with Crippen molar-refractivity contribution in [1.82, 2.24) is 10.2 Å². The van der Waals surface area contributed by atoms with Gasteiger partial charge in [0.05, 0.1) is 6.54 Å². The topological polar surface area (TPSA) is 65.7 Å². The van der Waals surface area contributed by atoms with Gasteiger partial charge in [-0.1, -0.05) is 6.92 Å². The number of aromatic carboxylic acids is 1. The molecule has 1 atom stereocenters. The van der Waals surface area contributed by atoms with Gasteiger partial charge < -0.3 is 14.8 Å². The lowest BCUT2D eigenvalue weighted by Gasteiger charge is -2.26. The molecular formula is C13H20N2O3. The molecule has 0 aromatic carbocycles. The first-order chi connectivity index (χ1) is 8.70. The predicted molar refractivity (Wildman–Crippen MR) is 67.6 cm³/mol. The van der Waals surface area contributed by atoms with Gasteiger partial charge in [0.25, 0.3) is 0 Å². The average Bonchev–Trinajstić information content (AvgIpc) is 2.99. The first-order valence-electron chi connectivity index (χ1n) is 6.47. The van der Waals surface area contributed by atoms with Gasteiger partial charge in [-0.25, -0.2) is 4.79 Å². The van der Waals surface area contributed by atoms with Crippen molar-refractivity contribution in [2.45, 2.75) is 32.4 Å². The summed E-state index contributed by atoms with van der Waals surface area (Å²) in [5, 5.41) is 12.2. The van der Waals surface area contributed by atoms with Crippen LogP contribution in [0.4, 0.5) is 0 Å². The second kappa shape index (κ2) is 6.02. The Bertz CT molecular complexity index is 397. The third-order valence-corrected chi connectivity index (χ3v) is 3.29. The second-order valence-corrected chi connectivity index (χ2v) is 4.69. The molecule has 2 rings (SSSR count). The molecule has 0 radical (unpaired) electrons. The van der Waals surface area contributed by atoms with Gasteiger partial charge >= 0.3 is 5.97 Å². The third kappa shape index (κ3) is 3.11. The fourth-order valence-electron chi connectivity index (χ4n) is 2.41. The van der Waals surface area contributed by atoms with Crippen LogP contribution in [0.5, 0.6) is 0 Å². The Morgan fingerprint density at radius 3 is 3.00 bits per heavy atom. The first-order valence-corrected chi connectivity index (χ1v) is 6.47. The highest BCUT2D eigenvalue weighted by Crippen LogP contribution is 2.16. The molecule has 1 saturated heterocycles. The van der Waals surface area contributed by atoms with Crippen molar-refractivity contribution < 1.29 is 14.3 Å². The van der Waals surface area contributed by atoms with Gasteiger partial charge in [-0.2, -0.15) is 0 Å². The molecule has 100 valence electrons. The van der Waals surface area contributed by atoms with Crippen LogP contribution in [-0.4, -0.2) is 41.7 Å². The van der Waals surface area contributed by atoms with Gasteiger partial charge in [0.2, 0.25) is 5.76 Å². The summed E-state index contributed by atoms with van der Waals surface area (Å²) in [6.07, 6.45) is 2.23. The highest BCUT2D eigenvalue weighted by atomic mass is 16.4. The third-order valence-electron chi connectivity index (χ3n) is 3.29. The summed E-state index contributed by atoms with van der Waals surface area (Å²) >= 11 is 0. The molecule has 0 saturated carbocycles. The minimum Gasteiger partial charge on any atom is -0.475 e. The van der Waals surface area contributed by atoms with Crippen LogP contribution in [0.25, 0.3) is 0 Å². The molecule has 5 nitrogen and oxygen atoms in total. The van der Waals surface area contributed by atoms with Crippen LogP contribution in [0.1, 0.15) is 36.1 Å². The molecule has 0 amide bonds. The molecular weight excluding hydrogens is 232 g/mol. The summed E-state index contributed by atoms with van der Waals surface area (Å²) in [4.78, 5) is 13.1. The Morgan fingerprint density at radius 1 is 1.61 bits per heavy atom. The molecule has 0 aliphatic carbocycles. The molecule has 2 heterocycles. The van der Waals surface area contributed by atoms with Crippen LogP contribution in [0.15, 0.2) is 16.5 Å². The highest BCUT2D eigenvalue weighted by molar-refractivity contribution is 5.84. The van der Waals surface area contributed by atoms with Crippen LogP contribution in [0.2, 0.25) is 0 Å². The fourth-order valence-corrected chi connectivity index (χ4v) is 2.41. The molecule has 1 aliphatic heterocycles. The lowest BCUT2D eigenvalue weighted by molar-refractivity contribution is 0.0657. The van der Waals surface area contributed by atoms with Crippen molar-refractivity contribution in [3.63, 3.8) is 0 Å². The van der Waals surface area contributed by atoms with E-state index >= 15 is 0 Å². The number of hydrogen-bond acceptors (Lipinski definition) is 4. The zero-order valence-corrected chi connectivity index (χ0v) is 10.7. The van der Waals surface area contributed by atoms with Crippen molar-refractivity contribution in [2.24, 2.45) is 0 Å². The van der Waals surface area contributed by atoms with Crippen molar-refractivity contribution in [2.75, 3.05) is 19.6 Å². The van der Waals surface area contributed by atoms with E-state index in [0.717, 1.165) is 38.2 Å². The molecule has 5 heteroatoms. The van der Waals surface area contributed by atoms with E-state index in [1.54, 1.807) is 6.07 Å². The van der Waals surface area contributed by atoms with Crippen LogP contribution in [0.3, 0.4) is 0 Å². The summed E-state index contributed by atoms with van der Waals surface area (Å²) in [5.41, 5.74) is 0. The van der Waals surface area contributed by atoms with E-state index in [9.17, 15) is 4.79 Å². The Labute approximate surface area is 107 Å². The molecule has 1 aliphatic rings. The van der Waals surface area contributed by atoms with Gasteiger partial charge in [-0.05, 0) is 38.1 Å². The Balaban J connectivity index is 2.00. The highest BCUT2D eigenvalue weighted by Gasteiger charge is 2.22. The quantitative estimate of drug-likeness (QED) is 0.804. The van der Waals surface area contributed by atoms with E-state index in [4.69, 9.17) is 9.52 Å². The number of carbonyl (C=O) groups is 1. The van der Waals surface area contributed by atoms with Crippen molar-refractivity contribution in [3.05, 3.63) is 23.7 Å². The van der Waals surface area contributed by atoms with Crippen molar-refractivity contribution in [1.29, 1.82) is 0 Å². The SMILES string of the molecule is CCCN(Cc1ccc(C(=O)O)o1)C1CCNC1. The largest absolute Gasteiger partial charge is 0.475 e. The number of carboxylic acids is 1. The minimum atomic E-state index is -1.01. The van der Waals surface area contributed by atoms with E-state index in [1.807, 2.05) is 0 Å². The molecule has 2 N–H and O–H groups in total. The lowest BCUT2D eigenvalue weighted by Crippen LogP contribution is -2.36. The van der Waals surface area contributed by atoms with E-state index in [1.165, 1.54) is 6.07 Å². The summed E-state index contributed by atoms with van der Waals surface area (Å²) in [6, 6.07) is 3.81. The lowest BCUT2D eigenvalue weighted by atomic mass is 10.2. The zero-order chi connectivity index (χ0) is 13.0. The number of rotatable bonds is 6. The summed E-state index contributed by atoms with van der Waals surface area (Å²) in [5.74, 6) is -0.260. The van der Waals surface area contributed by atoms with E-state index < -0.39 is 5.97 Å². The number of hydrogen-bond donors (Lipinski definition) is 2. The fraction of sp³-hybridized carbons (Fsp3) is 0.615. The summed E-state index contributed by atoms with van der Waals surface area (Å²) in [7, 11) is 0. The van der Waals surface area contributed by atoms with Crippen LogP contribution in [-0.2, 0) is 6.54 Å². The van der Waals surface area contributed by atoms with Crippen LogP contribution < -0.4 is 5.32 Å². The standard InChI is InChI=1S/C13H20N2O3/c1-2-7-15(10-5-6-14-8-10)9-11-3-4-12(18-11)13(16)17/h3-4,10,14H,2,5-9H2,1H3,(H,16,17). The van der Waals surface area contributed by atoms with Crippen LogP contribution >= 0.6 is 0 Å². The Hall–Kier alpha value is -1.33. The average molecular weight is 252 g/mol. The number of nitrogens with zero attached hydrogens (tertiary/aromatic N) is 1. The van der Waals surface area contributed by atoms with E-state index in [-0.39, 0.29) is 5.76 Å². The normalized spacial score (nSPS) is 19.6. The minimum absolute atomic E-state index is 0.0194. The maximum absolute atomic E-state index is 10.8. The number of carboxylic acid groups (broad SMARTS) is 1. The Morgan fingerprint density at radius 2 is 2.44 bits per heavy atom.